The van der Waals surface area contributed by atoms with Crippen LogP contribution in [-0.2, 0) is 11.2 Å². The van der Waals surface area contributed by atoms with E-state index in [-0.39, 0.29) is 0 Å². The highest BCUT2D eigenvalue weighted by Crippen LogP contribution is 2.14. The third kappa shape index (κ3) is 1.75. The van der Waals surface area contributed by atoms with Crippen LogP contribution in [0.2, 0.25) is 0 Å². The van der Waals surface area contributed by atoms with Crippen LogP contribution in [0, 0.1) is 0 Å². The molecule has 0 N–H and O–H groups in total. The van der Waals surface area contributed by atoms with E-state index >= 15 is 0 Å². The van der Waals surface area contributed by atoms with Crippen molar-refractivity contribution < 1.29 is 4.79 Å². The van der Waals surface area contributed by atoms with Crippen LogP contribution in [0.3, 0.4) is 0 Å². The minimum absolute atomic E-state index is 0.344. The van der Waals surface area contributed by atoms with E-state index in [1.807, 2.05) is 22.7 Å². The van der Waals surface area contributed by atoms with Gasteiger partial charge in [-0.25, -0.2) is 0 Å². The Bertz CT molecular complexity index is 488. The average molecular weight is 203 g/mol. The lowest BCUT2D eigenvalue weighted by Gasteiger charge is -2.02. The summed E-state index contributed by atoms with van der Waals surface area (Å²) in [5.74, 6) is 1.29. The van der Waals surface area contributed by atoms with E-state index in [1.54, 1.807) is 0 Å². The van der Waals surface area contributed by atoms with Crippen LogP contribution in [0.1, 0.15) is 31.2 Å². The SMILES string of the molecule is CC(C)c1nnc2cc(CC=O)ccn12. The average Bonchev–Trinajstić information content (AvgIpc) is 2.61. The molecule has 2 heterocycles. The molecule has 0 aliphatic heterocycles. The lowest BCUT2D eigenvalue weighted by molar-refractivity contribution is -0.107. The predicted octanol–water partition coefficient (Wildman–Crippen LogP) is 1.59. The molecular formula is C11H13N3O. The van der Waals surface area contributed by atoms with Crippen LogP contribution in [0.15, 0.2) is 18.3 Å². The van der Waals surface area contributed by atoms with E-state index in [9.17, 15) is 4.79 Å². The molecule has 0 bridgehead atoms. The van der Waals surface area contributed by atoms with Gasteiger partial charge in [-0.1, -0.05) is 13.8 Å². The molecule has 0 saturated heterocycles. The summed E-state index contributed by atoms with van der Waals surface area (Å²) in [4.78, 5) is 10.4. The molecule has 0 saturated carbocycles. The van der Waals surface area contributed by atoms with Crippen molar-refractivity contribution in [2.24, 2.45) is 0 Å². The molecule has 2 aromatic rings. The largest absolute Gasteiger partial charge is 0.303 e. The molecule has 0 fully saturated rings. The Balaban J connectivity index is 2.51. The molecule has 0 unspecified atom stereocenters. The molecule has 15 heavy (non-hydrogen) atoms. The molecule has 0 spiro atoms. The number of aldehydes is 1. The zero-order valence-corrected chi connectivity index (χ0v) is 8.84. The van der Waals surface area contributed by atoms with Crippen LogP contribution in [0.4, 0.5) is 0 Å². The Kier molecular flexibility index (Phi) is 2.49. The third-order valence-corrected chi connectivity index (χ3v) is 2.34. The molecule has 2 aromatic heterocycles. The Hall–Kier alpha value is -1.71. The van der Waals surface area contributed by atoms with Crippen molar-refractivity contribution in [3.63, 3.8) is 0 Å². The maximum absolute atomic E-state index is 10.4. The predicted molar refractivity (Wildman–Crippen MR) is 56.8 cm³/mol. The van der Waals surface area contributed by atoms with Gasteiger partial charge in [0.05, 0.1) is 0 Å². The number of hydrogen-bond donors (Lipinski definition) is 0. The fourth-order valence-electron chi connectivity index (χ4n) is 1.57. The maximum Gasteiger partial charge on any atom is 0.161 e. The minimum atomic E-state index is 0.344. The number of pyridine rings is 1. The van der Waals surface area contributed by atoms with Crippen LogP contribution in [-0.4, -0.2) is 20.9 Å². The topological polar surface area (TPSA) is 47.3 Å². The second-order valence-electron chi connectivity index (χ2n) is 3.85. The summed E-state index contributed by atoms with van der Waals surface area (Å²) in [7, 11) is 0. The highest BCUT2D eigenvalue weighted by atomic mass is 16.1. The van der Waals surface area contributed by atoms with E-state index in [4.69, 9.17) is 0 Å². The van der Waals surface area contributed by atoms with Gasteiger partial charge in [-0.3, -0.25) is 4.40 Å². The molecule has 0 aliphatic carbocycles. The number of nitrogens with zero attached hydrogens (tertiary/aromatic N) is 3. The molecule has 0 aliphatic rings. The van der Waals surface area contributed by atoms with Crippen molar-refractivity contribution in [2.45, 2.75) is 26.2 Å². The number of fused-ring (bicyclic) bond motifs is 1. The summed E-state index contributed by atoms with van der Waals surface area (Å²) < 4.78 is 1.96. The lowest BCUT2D eigenvalue weighted by atomic mass is 10.2. The monoisotopic (exact) mass is 203 g/mol. The number of carbonyl (C=O) groups is 1. The second kappa shape index (κ2) is 3.81. The van der Waals surface area contributed by atoms with Gasteiger partial charge in [-0.15, -0.1) is 10.2 Å². The van der Waals surface area contributed by atoms with Crippen molar-refractivity contribution in [3.05, 3.63) is 29.7 Å². The number of aromatic nitrogens is 3. The van der Waals surface area contributed by atoms with Gasteiger partial charge < -0.3 is 4.79 Å². The van der Waals surface area contributed by atoms with Gasteiger partial charge in [0.1, 0.15) is 12.1 Å². The first kappa shape index (κ1) is 9.83. The molecular weight excluding hydrogens is 190 g/mol. The van der Waals surface area contributed by atoms with E-state index in [0.717, 1.165) is 23.3 Å². The standard InChI is InChI=1S/C11H13N3O/c1-8(2)11-13-12-10-7-9(4-6-15)3-5-14(10)11/h3,5-8H,4H2,1-2H3. The smallest absolute Gasteiger partial charge is 0.161 e. The van der Waals surface area contributed by atoms with Crippen molar-refractivity contribution in [2.75, 3.05) is 0 Å². The van der Waals surface area contributed by atoms with Crippen LogP contribution < -0.4 is 0 Å². The molecule has 0 amide bonds. The lowest BCUT2D eigenvalue weighted by Crippen LogP contribution is -1.97. The molecule has 2 rings (SSSR count). The van der Waals surface area contributed by atoms with Crippen LogP contribution in [0.25, 0.3) is 5.65 Å². The van der Waals surface area contributed by atoms with Gasteiger partial charge in [0.2, 0.25) is 0 Å². The normalized spacial score (nSPS) is 11.1. The van der Waals surface area contributed by atoms with Crippen molar-refractivity contribution in [1.29, 1.82) is 0 Å². The number of rotatable bonds is 3. The van der Waals surface area contributed by atoms with E-state index in [2.05, 4.69) is 24.0 Å². The summed E-state index contributed by atoms with van der Waals surface area (Å²) in [6, 6.07) is 3.82. The van der Waals surface area contributed by atoms with Gasteiger partial charge in [-0.2, -0.15) is 0 Å². The first-order valence-electron chi connectivity index (χ1n) is 4.99. The minimum Gasteiger partial charge on any atom is -0.303 e. The number of hydrogen-bond acceptors (Lipinski definition) is 3. The molecule has 0 aromatic carbocycles. The maximum atomic E-state index is 10.4. The second-order valence-corrected chi connectivity index (χ2v) is 3.85. The number of carbonyl (C=O) groups excluding carboxylic acids is 1. The quantitative estimate of drug-likeness (QED) is 0.712. The summed E-state index contributed by atoms with van der Waals surface area (Å²) in [5.41, 5.74) is 1.78. The summed E-state index contributed by atoms with van der Waals surface area (Å²) >= 11 is 0. The fraction of sp³-hybridized carbons (Fsp3) is 0.364. The van der Waals surface area contributed by atoms with Gasteiger partial charge in [0.25, 0.3) is 0 Å². The summed E-state index contributed by atoms with van der Waals surface area (Å²) in [6.45, 7) is 4.16. The van der Waals surface area contributed by atoms with Gasteiger partial charge in [0.15, 0.2) is 5.65 Å². The molecule has 4 heteroatoms. The fourth-order valence-corrected chi connectivity index (χ4v) is 1.57. The van der Waals surface area contributed by atoms with Crippen LogP contribution >= 0.6 is 0 Å². The zero-order chi connectivity index (χ0) is 10.8. The Labute approximate surface area is 87.9 Å². The molecule has 0 atom stereocenters. The van der Waals surface area contributed by atoms with E-state index in [0.29, 0.717) is 12.3 Å². The van der Waals surface area contributed by atoms with Gasteiger partial charge in [0, 0.05) is 18.5 Å². The van der Waals surface area contributed by atoms with Crippen molar-refractivity contribution >= 4 is 11.9 Å². The third-order valence-electron chi connectivity index (χ3n) is 2.34. The summed E-state index contributed by atoms with van der Waals surface area (Å²) in [5, 5.41) is 8.20. The van der Waals surface area contributed by atoms with Crippen LogP contribution in [0.5, 0.6) is 0 Å². The first-order chi connectivity index (χ1) is 7.22. The van der Waals surface area contributed by atoms with Crippen molar-refractivity contribution in [3.8, 4) is 0 Å². The van der Waals surface area contributed by atoms with Gasteiger partial charge >= 0.3 is 0 Å². The van der Waals surface area contributed by atoms with Gasteiger partial charge in [-0.05, 0) is 17.7 Å². The molecule has 78 valence electrons. The first-order valence-corrected chi connectivity index (χ1v) is 4.99. The molecule has 0 radical (unpaired) electrons. The van der Waals surface area contributed by atoms with Crippen molar-refractivity contribution in [1.82, 2.24) is 14.6 Å². The Morgan fingerprint density at radius 2 is 2.27 bits per heavy atom. The zero-order valence-electron chi connectivity index (χ0n) is 8.84. The Morgan fingerprint density at radius 1 is 1.47 bits per heavy atom. The van der Waals surface area contributed by atoms with E-state index in [1.165, 1.54) is 0 Å². The Morgan fingerprint density at radius 3 is 2.93 bits per heavy atom. The summed E-state index contributed by atoms with van der Waals surface area (Å²) in [6.07, 6.45) is 3.25. The highest BCUT2D eigenvalue weighted by Gasteiger charge is 2.08. The highest BCUT2D eigenvalue weighted by molar-refractivity contribution is 5.56. The van der Waals surface area contributed by atoms with E-state index < -0.39 is 0 Å². The molecule has 4 nitrogen and oxygen atoms in total.